The summed E-state index contributed by atoms with van der Waals surface area (Å²) in [4.78, 5) is 35.9. The summed E-state index contributed by atoms with van der Waals surface area (Å²) >= 11 is 5.93. The van der Waals surface area contributed by atoms with E-state index in [9.17, 15) is 14.4 Å². The third-order valence-electron chi connectivity index (χ3n) is 3.95. The Bertz CT molecular complexity index is 729. The molecule has 0 unspecified atom stereocenters. The summed E-state index contributed by atoms with van der Waals surface area (Å²) in [6.07, 6.45) is 0. The highest BCUT2D eigenvalue weighted by atomic mass is 35.5. The average molecular weight is 380 g/mol. The fraction of sp³-hybridized carbons (Fsp3) is 0.444. The number of hydrogen-bond donors (Lipinski definition) is 2. The SMILES string of the molecule is CC(C)[C@](C)(C#N)NC(=O)COC(=O)[C@@H](C)NC(=O)c1ccccc1Cl. The number of nitrogens with zero attached hydrogens (tertiary/aromatic N) is 1. The predicted molar refractivity (Wildman–Crippen MR) is 96.3 cm³/mol. The summed E-state index contributed by atoms with van der Waals surface area (Å²) in [5, 5.41) is 14.4. The number of amides is 2. The van der Waals surface area contributed by atoms with Crippen LogP contribution in [0.5, 0.6) is 0 Å². The zero-order chi connectivity index (χ0) is 19.9. The average Bonchev–Trinajstić information content (AvgIpc) is 2.59. The Hall–Kier alpha value is -2.59. The van der Waals surface area contributed by atoms with Crippen LogP contribution in [0.25, 0.3) is 0 Å². The van der Waals surface area contributed by atoms with Crippen molar-refractivity contribution < 1.29 is 19.1 Å². The Kier molecular flexibility index (Phi) is 7.59. The second kappa shape index (κ2) is 9.20. The van der Waals surface area contributed by atoms with Gasteiger partial charge < -0.3 is 15.4 Å². The van der Waals surface area contributed by atoms with Gasteiger partial charge in [0, 0.05) is 0 Å². The number of rotatable bonds is 7. The lowest BCUT2D eigenvalue weighted by Gasteiger charge is -2.27. The van der Waals surface area contributed by atoms with Crippen molar-refractivity contribution in [2.75, 3.05) is 6.61 Å². The number of nitriles is 1. The zero-order valence-corrected chi connectivity index (χ0v) is 15.9. The molecule has 2 amide bonds. The van der Waals surface area contributed by atoms with Gasteiger partial charge in [-0.3, -0.25) is 9.59 Å². The summed E-state index contributed by atoms with van der Waals surface area (Å²) in [6, 6.07) is 7.47. The highest BCUT2D eigenvalue weighted by Gasteiger charge is 2.30. The van der Waals surface area contributed by atoms with E-state index in [1.54, 1.807) is 39.0 Å². The molecule has 0 saturated carbocycles. The Morgan fingerprint density at radius 2 is 1.88 bits per heavy atom. The Morgan fingerprint density at radius 3 is 2.42 bits per heavy atom. The molecule has 2 atom stereocenters. The predicted octanol–water partition coefficient (Wildman–Crippen LogP) is 2.06. The number of carbonyl (C=O) groups excluding carboxylic acids is 3. The molecule has 0 aliphatic carbocycles. The molecule has 0 aliphatic heterocycles. The fourth-order valence-corrected chi connectivity index (χ4v) is 2.09. The normalized spacial score (nSPS) is 13.9. The second-order valence-electron chi connectivity index (χ2n) is 6.30. The van der Waals surface area contributed by atoms with E-state index in [2.05, 4.69) is 10.6 Å². The van der Waals surface area contributed by atoms with E-state index in [-0.39, 0.29) is 16.5 Å². The molecule has 26 heavy (non-hydrogen) atoms. The van der Waals surface area contributed by atoms with Gasteiger partial charge in [-0.15, -0.1) is 0 Å². The molecule has 0 saturated heterocycles. The molecule has 2 N–H and O–H groups in total. The molecule has 0 aromatic heterocycles. The molecule has 8 heteroatoms. The first-order chi connectivity index (χ1) is 12.1. The molecule has 0 fully saturated rings. The molecular weight excluding hydrogens is 358 g/mol. The van der Waals surface area contributed by atoms with Crippen LogP contribution in [-0.2, 0) is 14.3 Å². The highest BCUT2D eigenvalue weighted by Crippen LogP contribution is 2.15. The van der Waals surface area contributed by atoms with Crippen molar-refractivity contribution in [3.8, 4) is 6.07 Å². The maximum Gasteiger partial charge on any atom is 0.328 e. The van der Waals surface area contributed by atoms with Gasteiger partial charge in [0.25, 0.3) is 11.8 Å². The number of ether oxygens (including phenoxy) is 1. The van der Waals surface area contributed by atoms with Crippen LogP contribution < -0.4 is 10.6 Å². The van der Waals surface area contributed by atoms with E-state index >= 15 is 0 Å². The quantitative estimate of drug-likeness (QED) is 0.705. The molecule has 0 radical (unpaired) electrons. The van der Waals surface area contributed by atoms with E-state index in [0.717, 1.165) is 0 Å². The summed E-state index contributed by atoms with van der Waals surface area (Å²) in [6.45, 7) is 6.06. The highest BCUT2D eigenvalue weighted by molar-refractivity contribution is 6.33. The van der Waals surface area contributed by atoms with Crippen molar-refractivity contribution in [3.05, 3.63) is 34.9 Å². The van der Waals surface area contributed by atoms with Gasteiger partial charge in [0.2, 0.25) is 0 Å². The van der Waals surface area contributed by atoms with Crippen LogP contribution in [-0.4, -0.2) is 36.0 Å². The van der Waals surface area contributed by atoms with Crippen molar-refractivity contribution in [2.45, 2.75) is 39.3 Å². The number of hydrogen-bond acceptors (Lipinski definition) is 5. The lowest BCUT2D eigenvalue weighted by atomic mass is 9.90. The fourth-order valence-electron chi connectivity index (χ4n) is 1.87. The summed E-state index contributed by atoms with van der Waals surface area (Å²) in [7, 11) is 0. The second-order valence-corrected chi connectivity index (χ2v) is 6.71. The van der Waals surface area contributed by atoms with Crippen LogP contribution in [0.4, 0.5) is 0 Å². The zero-order valence-electron chi connectivity index (χ0n) is 15.1. The third-order valence-corrected chi connectivity index (χ3v) is 4.28. The van der Waals surface area contributed by atoms with Crippen LogP contribution >= 0.6 is 11.6 Å². The topological polar surface area (TPSA) is 108 Å². The summed E-state index contributed by atoms with van der Waals surface area (Å²) in [5.41, 5.74) is -0.832. The summed E-state index contributed by atoms with van der Waals surface area (Å²) in [5.74, 6) is -2.02. The van der Waals surface area contributed by atoms with Gasteiger partial charge >= 0.3 is 5.97 Å². The maximum atomic E-state index is 12.1. The Labute approximate surface area is 157 Å². The molecule has 0 heterocycles. The molecular formula is C18H22ClN3O4. The number of nitrogens with one attached hydrogen (secondary N) is 2. The molecule has 7 nitrogen and oxygen atoms in total. The lowest BCUT2D eigenvalue weighted by molar-refractivity contribution is -0.150. The van der Waals surface area contributed by atoms with Crippen molar-refractivity contribution in [1.82, 2.24) is 10.6 Å². The van der Waals surface area contributed by atoms with Crippen LogP contribution in [0.15, 0.2) is 24.3 Å². The molecule has 1 aromatic carbocycles. The molecule has 140 valence electrons. The molecule has 1 aromatic rings. The van der Waals surface area contributed by atoms with E-state index in [0.29, 0.717) is 0 Å². The maximum absolute atomic E-state index is 12.1. The van der Waals surface area contributed by atoms with Crippen LogP contribution in [0.3, 0.4) is 0 Å². The first kappa shape index (κ1) is 21.5. The lowest BCUT2D eigenvalue weighted by Crippen LogP contribution is -2.50. The minimum Gasteiger partial charge on any atom is -0.454 e. The van der Waals surface area contributed by atoms with Gasteiger partial charge in [-0.2, -0.15) is 5.26 Å². The molecule has 0 aliphatic rings. The molecule has 1 rings (SSSR count). The van der Waals surface area contributed by atoms with E-state index in [4.69, 9.17) is 21.6 Å². The van der Waals surface area contributed by atoms with Gasteiger partial charge in [-0.25, -0.2) is 4.79 Å². The number of esters is 1. The van der Waals surface area contributed by atoms with Gasteiger partial charge in [0.15, 0.2) is 6.61 Å². The Morgan fingerprint density at radius 1 is 1.27 bits per heavy atom. The van der Waals surface area contributed by atoms with Crippen LogP contribution in [0, 0.1) is 17.2 Å². The van der Waals surface area contributed by atoms with E-state index < -0.39 is 36.0 Å². The van der Waals surface area contributed by atoms with Gasteiger partial charge in [0.1, 0.15) is 11.6 Å². The largest absolute Gasteiger partial charge is 0.454 e. The first-order valence-electron chi connectivity index (χ1n) is 8.05. The van der Waals surface area contributed by atoms with E-state index in [1.165, 1.54) is 13.0 Å². The summed E-state index contributed by atoms with van der Waals surface area (Å²) < 4.78 is 4.89. The smallest absolute Gasteiger partial charge is 0.328 e. The van der Waals surface area contributed by atoms with Gasteiger partial charge in [-0.1, -0.05) is 37.6 Å². The Balaban J connectivity index is 2.55. The molecule has 0 spiro atoms. The van der Waals surface area contributed by atoms with Crippen LogP contribution in [0.2, 0.25) is 5.02 Å². The van der Waals surface area contributed by atoms with Crippen molar-refractivity contribution in [2.24, 2.45) is 5.92 Å². The number of halogens is 1. The number of benzene rings is 1. The van der Waals surface area contributed by atoms with Gasteiger partial charge in [0.05, 0.1) is 16.7 Å². The van der Waals surface area contributed by atoms with Crippen molar-refractivity contribution in [3.63, 3.8) is 0 Å². The standard InChI is InChI=1S/C18H22ClN3O4/c1-11(2)18(4,10-20)22-15(23)9-26-17(25)12(3)21-16(24)13-7-5-6-8-14(13)19/h5-8,11-12H,9H2,1-4H3,(H,21,24)(H,22,23)/t12-,18+/m1/s1. The van der Waals surface area contributed by atoms with Crippen molar-refractivity contribution >= 4 is 29.4 Å². The van der Waals surface area contributed by atoms with Crippen LogP contribution in [0.1, 0.15) is 38.1 Å². The van der Waals surface area contributed by atoms with E-state index in [1.807, 2.05) is 6.07 Å². The number of carbonyl (C=O) groups is 3. The monoisotopic (exact) mass is 379 g/mol. The minimum absolute atomic E-state index is 0.124. The minimum atomic E-state index is -1.06. The van der Waals surface area contributed by atoms with Crippen molar-refractivity contribution in [1.29, 1.82) is 5.26 Å². The third kappa shape index (κ3) is 5.74. The first-order valence-corrected chi connectivity index (χ1v) is 8.42. The van der Waals surface area contributed by atoms with Gasteiger partial charge in [-0.05, 0) is 31.9 Å². The molecule has 0 bridgehead atoms.